The zero-order valence-electron chi connectivity index (χ0n) is 8.30. The van der Waals surface area contributed by atoms with Gasteiger partial charge in [0.2, 0.25) is 0 Å². The van der Waals surface area contributed by atoms with Gasteiger partial charge in [0.05, 0.1) is 0 Å². The lowest BCUT2D eigenvalue weighted by Crippen LogP contribution is -2.16. The highest BCUT2D eigenvalue weighted by atomic mass is 32.1. The number of nitrogens with one attached hydrogen (secondary N) is 2. The van der Waals surface area contributed by atoms with Gasteiger partial charge < -0.3 is 0 Å². The number of hydrogen-bond acceptors (Lipinski definition) is 3. The molecule has 0 radical (unpaired) electrons. The zero-order valence-corrected chi connectivity index (χ0v) is 9.12. The highest BCUT2D eigenvalue weighted by molar-refractivity contribution is 7.71. The van der Waals surface area contributed by atoms with E-state index in [0.29, 0.717) is 5.69 Å². The predicted molar refractivity (Wildman–Crippen MR) is 57.9 cm³/mol. The van der Waals surface area contributed by atoms with Gasteiger partial charge in [0.1, 0.15) is 5.69 Å². The lowest BCUT2D eigenvalue weighted by molar-refractivity contribution is 0.649. The molecule has 0 amide bonds. The van der Waals surface area contributed by atoms with Crippen molar-refractivity contribution in [3.63, 3.8) is 0 Å². The molecule has 2 N–H and O–H groups in total. The van der Waals surface area contributed by atoms with Gasteiger partial charge in [-0.05, 0) is 25.1 Å². The Hall–Kier alpha value is -0.970. The minimum atomic E-state index is -0.162. The summed E-state index contributed by atoms with van der Waals surface area (Å²) in [5, 5.41) is 6.49. The maximum absolute atomic E-state index is 11.3. The maximum Gasteiger partial charge on any atom is 0.273 e. The van der Waals surface area contributed by atoms with Gasteiger partial charge in [0, 0.05) is 0 Å². The van der Waals surface area contributed by atoms with E-state index in [-0.39, 0.29) is 10.3 Å². The third-order valence-corrected chi connectivity index (χ3v) is 2.24. The van der Waals surface area contributed by atoms with Gasteiger partial charge in [0.25, 0.3) is 5.56 Å². The molecule has 0 bridgehead atoms. The Kier molecular flexibility index (Phi) is 4.52. The molecule has 0 aromatic carbocycles. The number of aromatic amines is 2. The second kappa shape index (κ2) is 5.70. The topological polar surface area (TPSA) is 61.5 Å². The van der Waals surface area contributed by atoms with E-state index in [9.17, 15) is 4.79 Å². The van der Waals surface area contributed by atoms with Crippen LogP contribution in [0.2, 0.25) is 0 Å². The molecular weight excluding hydrogens is 198 g/mol. The Labute approximate surface area is 87.8 Å². The van der Waals surface area contributed by atoms with Crippen LogP contribution in [0.25, 0.3) is 0 Å². The summed E-state index contributed by atoms with van der Waals surface area (Å²) in [6, 6.07) is 0. The molecule has 0 aliphatic carbocycles. The molecule has 14 heavy (non-hydrogen) atoms. The average molecular weight is 213 g/mol. The Bertz CT molecular complexity index is 382. The van der Waals surface area contributed by atoms with Crippen LogP contribution in [-0.4, -0.2) is 15.2 Å². The lowest BCUT2D eigenvalue weighted by atomic mass is 10.1. The van der Waals surface area contributed by atoms with E-state index in [1.54, 1.807) is 0 Å². The van der Waals surface area contributed by atoms with Crippen LogP contribution in [0.1, 0.15) is 38.3 Å². The molecule has 1 aromatic rings. The Morgan fingerprint density at radius 3 is 2.79 bits per heavy atom. The number of aryl methyl sites for hydroxylation is 1. The van der Waals surface area contributed by atoms with Crippen molar-refractivity contribution in [2.75, 3.05) is 0 Å². The largest absolute Gasteiger partial charge is 0.296 e. The summed E-state index contributed by atoms with van der Waals surface area (Å²) in [4.78, 5) is 13.8. The van der Waals surface area contributed by atoms with Gasteiger partial charge in [-0.3, -0.25) is 14.9 Å². The van der Waals surface area contributed by atoms with Crippen molar-refractivity contribution < 1.29 is 0 Å². The number of H-pyrrole nitrogens is 2. The van der Waals surface area contributed by atoms with Crippen molar-refractivity contribution in [1.29, 1.82) is 0 Å². The summed E-state index contributed by atoms with van der Waals surface area (Å²) in [7, 11) is 0. The molecule has 4 nitrogen and oxygen atoms in total. The van der Waals surface area contributed by atoms with Crippen molar-refractivity contribution in [2.24, 2.45) is 0 Å². The molecule has 78 valence electrons. The third kappa shape index (κ3) is 3.41. The van der Waals surface area contributed by atoms with E-state index in [4.69, 9.17) is 12.2 Å². The maximum atomic E-state index is 11.3. The number of rotatable bonds is 5. The zero-order chi connectivity index (χ0) is 10.4. The summed E-state index contributed by atoms with van der Waals surface area (Å²) in [5.74, 6) is 0. The first-order valence-electron chi connectivity index (χ1n) is 4.92. The van der Waals surface area contributed by atoms with Crippen LogP contribution in [0.4, 0.5) is 0 Å². The fourth-order valence-corrected chi connectivity index (χ4v) is 1.40. The van der Waals surface area contributed by atoms with Gasteiger partial charge >= 0.3 is 0 Å². The van der Waals surface area contributed by atoms with Gasteiger partial charge in [-0.15, -0.1) is 0 Å². The molecule has 0 saturated carbocycles. The first-order chi connectivity index (χ1) is 6.74. The van der Waals surface area contributed by atoms with Gasteiger partial charge in [-0.1, -0.05) is 26.2 Å². The van der Waals surface area contributed by atoms with E-state index in [2.05, 4.69) is 22.1 Å². The number of unbranched alkanes of at least 4 members (excludes halogenated alkanes) is 3. The van der Waals surface area contributed by atoms with Crippen LogP contribution in [-0.2, 0) is 6.42 Å². The summed E-state index contributed by atoms with van der Waals surface area (Å²) in [6.45, 7) is 2.16. The summed E-state index contributed by atoms with van der Waals surface area (Å²) in [5.41, 5.74) is 0.389. The molecule has 0 unspecified atom stereocenters. The van der Waals surface area contributed by atoms with Crippen LogP contribution in [0.5, 0.6) is 0 Å². The van der Waals surface area contributed by atoms with Crippen molar-refractivity contribution in [3.8, 4) is 0 Å². The number of hydrogen-bond donors (Lipinski definition) is 2. The molecule has 0 atom stereocenters. The Balaban J connectivity index is 2.51. The molecule has 0 saturated heterocycles. The predicted octanol–water partition coefficient (Wildman–Crippen LogP) is 1.95. The summed E-state index contributed by atoms with van der Waals surface area (Å²) >= 11 is 4.74. The average Bonchev–Trinajstić information content (AvgIpc) is 2.15. The fraction of sp³-hybridized carbons (Fsp3) is 0.667. The van der Waals surface area contributed by atoms with E-state index >= 15 is 0 Å². The van der Waals surface area contributed by atoms with Crippen LogP contribution in [0.3, 0.4) is 0 Å². The van der Waals surface area contributed by atoms with Crippen molar-refractivity contribution in [3.05, 3.63) is 20.8 Å². The molecule has 0 aliphatic rings. The quantitative estimate of drug-likeness (QED) is 0.580. The van der Waals surface area contributed by atoms with Crippen molar-refractivity contribution in [2.45, 2.75) is 39.0 Å². The van der Waals surface area contributed by atoms with E-state index < -0.39 is 0 Å². The number of nitrogens with zero attached hydrogens (tertiary/aromatic N) is 1. The van der Waals surface area contributed by atoms with Crippen LogP contribution >= 0.6 is 12.2 Å². The van der Waals surface area contributed by atoms with Crippen molar-refractivity contribution >= 4 is 12.2 Å². The highest BCUT2D eigenvalue weighted by Crippen LogP contribution is 2.01. The SMILES string of the molecule is CCCCCCc1n[nH]c(=S)[nH]c1=O. The van der Waals surface area contributed by atoms with Gasteiger partial charge in [0.15, 0.2) is 4.77 Å². The summed E-state index contributed by atoms with van der Waals surface area (Å²) in [6.07, 6.45) is 5.28. The van der Waals surface area contributed by atoms with E-state index in [1.807, 2.05) is 0 Å². The standard InChI is InChI=1S/C9H15N3OS/c1-2-3-4-5-6-7-8(13)10-9(14)12-11-7/h2-6H2,1H3,(H2,10,12,13,14). The number of aromatic nitrogens is 3. The third-order valence-electron chi connectivity index (χ3n) is 2.05. The van der Waals surface area contributed by atoms with Crippen LogP contribution < -0.4 is 5.56 Å². The summed E-state index contributed by atoms with van der Waals surface area (Å²) < 4.78 is 0.285. The second-order valence-corrected chi connectivity index (χ2v) is 3.67. The molecule has 1 aromatic heterocycles. The minimum absolute atomic E-state index is 0.162. The second-order valence-electron chi connectivity index (χ2n) is 3.26. The smallest absolute Gasteiger partial charge is 0.273 e. The minimum Gasteiger partial charge on any atom is -0.296 e. The van der Waals surface area contributed by atoms with Gasteiger partial charge in [-0.2, -0.15) is 5.10 Å². The molecule has 5 heteroatoms. The molecule has 0 spiro atoms. The van der Waals surface area contributed by atoms with Crippen molar-refractivity contribution in [1.82, 2.24) is 15.2 Å². The first kappa shape index (κ1) is 11.1. The first-order valence-corrected chi connectivity index (χ1v) is 5.32. The van der Waals surface area contributed by atoms with Crippen LogP contribution in [0.15, 0.2) is 4.79 Å². The van der Waals surface area contributed by atoms with E-state index in [1.165, 1.54) is 12.8 Å². The van der Waals surface area contributed by atoms with Crippen LogP contribution in [0, 0.1) is 4.77 Å². The highest BCUT2D eigenvalue weighted by Gasteiger charge is 2.00. The van der Waals surface area contributed by atoms with Gasteiger partial charge in [-0.25, -0.2) is 0 Å². The molecular formula is C9H15N3OS. The monoisotopic (exact) mass is 213 g/mol. The Morgan fingerprint density at radius 1 is 1.36 bits per heavy atom. The fourth-order valence-electron chi connectivity index (χ4n) is 1.26. The Morgan fingerprint density at radius 2 is 2.14 bits per heavy atom. The molecule has 1 rings (SSSR count). The lowest BCUT2D eigenvalue weighted by Gasteiger charge is -1.98. The van der Waals surface area contributed by atoms with E-state index in [0.717, 1.165) is 19.3 Å². The molecule has 1 heterocycles. The normalized spacial score (nSPS) is 10.4. The molecule has 0 aliphatic heterocycles. The molecule has 0 fully saturated rings.